The summed E-state index contributed by atoms with van der Waals surface area (Å²) in [6.07, 6.45) is 10.2. The van der Waals surface area contributed by atoms with Gasteiger partial charge in [-0.05, 0) is 70.2 Å². The highest BCUT2D eigenvalue weighted by atomic mass is 16.3. The molecule has 0 N–H and O–H groups in total. The summed E-state index contributed by atoms with van der Waals surface area (Å²) in [5, 5.41) is 11.4. The van der Waals surface area contributed by atoms with E-state index in [9.17, 15) is 0 Å². The van der Waals surface area contributed by atoms with Crippen molar-refractivity contribution in [1.82, 2.24) is 63.3 Å². The minimum Gasteiger partial charge on any atom is -0.462 e. The Morgan fingerprint density at radius 3 is 2.09 bits per heavy atom. The van der Waals surface area contributed by atoms with E-state index in [1.54, 1.807) is 6.26 Å². The Hall–Kier alpha value is -6.57. The number of imidazole rings is 2. The van der Waals surface area contributed by atoms with E-state index >= 15 is 0 Å². The number of furan rings is 1. The largest absolute Gasteiger partial charge is 0.462 e. The summed E-state index contributed by atoms with van der Waals surface area (Å²) in [6, 6.07) is 14.3. The summed E-state index contributed by atoms with van der Waals surface area (Å²) in [4.78, 5) is 32.2. The summed E-state index contributed by atoms with van der Waals surface area (Å²) in [5.41, 5.74) is 10.5. The maximum atomic E-state index is 5.62. The van der Waals surface area contributed by atoms with Crippen LogP contribution in [0.3, 0.4) is 0 Å². The molecule has 0 bridgehead atoms. The molecule has 2 aromatic carbocycles. The van der Waals surface area contributed by atoms with Crippen molar-refractivity contribution in [2.75, 3.05) is 0 Å². The molecule has 0 amide bonds. The molecule has 0 aliphatic heterocycles. The van der Waals surface area contributed by atoms with E-state index in [-0.39, 0.29) is 0 Å². The zero-order chi connectivity index (χ0) is 36.4. The van der Waals surface area contributed by atoms with E-state index in [1.807, 2.05) is 80.6 Å². The first-order chi connectivity index (χ1) is 25.7. The third kappa shape index (κ3) is 5.53. The van der Waals surface area contributed by atoms with Gasteiger partial charge in [-0.1, -0.05) is 0 Å². The Morgan fingerprint density at radius 1 is 0.642 bits per heavy atom. The van der Waals surface area contributed by atoms with E-state index in [4.69, 9.17) is 14.4 Å². The van der Waals surface area contributed by atoms with Gasteiger partial charge in [0.15, 0.2) is 28.5 Å². The highest BCUT2D eigenvalue weighted by Crippen LogP contribution is 2.27. The Bertz CT molecular complexity index is 2920. The smallest absolute Gasteiger partial charge is 0.177 e. The molecule has 10 rings (SSSR count). The molecule has 53 heavy (non-hydrogen) atoms. The van der Waals surface area contributed by atoms with Crippen LogP contribution in [0.25, 0.3) is 55.2 Å². The first-order valence-corrected chi connectivity index (χ1v) is 17.6. The Labute approximate surface area is 303 Å². The number of hydrogen-bond donors (Lipinski definition) is 0. The van der Waals surface area contributed by atoms with Crippen LogP contribution >= 0.6 is 0 Å². The van der Waals surface area contributed by atoms with E-state index in [1.165, 1.54) is 0 Å². The molecule has 0 spiro atoms. The number of fused-ring (bicyclic) bond motifs is 8. The lowest BCUT2D eigenvalue weighted by molar-refractivity contribution is 0.618. The summed E-state index contributed by atoms with van der Waals surface area (Å²) in [7, 11) is 4.09. The van der Waals surface area contributed by atoms with Gasteiger partial charge in [-0.25, -0.2) is 29.4 Å². The highest BCUT2D eigenvalue weighted by Gasteiger charge is 2.16. The average molecular weight is 704 g/mol. The lowest BCUT2D eigenvalue weighted by Gasteiger charge is -2.01. The van der Waals surface area contributed by atoms with Gasteiger partial charge in [0, 0.05) is 74.7 Å². The van der Waals surface area contributed by atoms with Gasteiger partial charge in [-0.15, -0.1) is 5.10 Å². The van der Waals surface area contributed by atoms with E-state index < -0.39 is 0 Å². The topological polar surface area (TPSA) is 148 Å². The van der Waals surface area contributed by atoms with Crippen molar-refractivity contribution in [2.24, 2.45) is 14.1 Å². The lowest BCUT2D eigenvalue weighted by Crippen LogP contribution is -2.02. The molecule has 0 fully saturated rings. The molecule has 0 aliphatic carbocycles. The van der Waals surface area contributed by atoms with Crippen LogP contribution in [0, 0.1) is 27.7 Å². The second kappa shape index (κ2) is 12.6. The maximum absolute atomic E-state index is 5.62. The molecule has 0 radical (unpaired) electrons. The predicted octanol–water partition coefficient (Wildman–Crippen LogP) is 6.12. The summed E-state index contributed by atoms with van der Waals surface area (Å²) in [6.45, 7) is 7.88. The standard InChI is InChI=1S/C20H19N7.C19H18N6O/c1-12-11-22-13(2)27-20(12)23-17(25-27)8-9-18-24-19-14-5-4-10-21-15(14)6-7-16(19)26(18)3;1-11-10-20-12(2)19-21-15(23-25(11)19)6-7-16-22-17-14(24(16)3)5-4-13-8-9-26-18(13)17/h4-7,10-11H,8-9H2,1-3H3;4-5,8-10H,6-7H2,1-3H3. The van der Waals surface area contributed by atoms with Crippen molar-refractivity contribution in [1.29, 1.82) is 0 Å². The molecule has 264 valence electrons. The minimum absolute atomic E-state index is 0.721. The molecule has 14 nitrogen and oxygen atoms in total. The molecule has 0 saturated carbocycles. The fourth-order valence-electron chi connectivity index (χ4n) is 6.97. The number of hydrogen-bond acceptors (Lipinski definition) is 10. The molecule has 10 aromatic rings. The Morgan fingerprint density at radius 2 is 1.34 bits per heavy atom. The molecule has 0 saturated heterocycles. The monoisotopic (exact) mass is 703 g/mol. The first kappa shape index (κ1) is 32.3. The van der Waals surface area contributed by atoms with Crippen molar-refractivity contribution in [3.63, 3.8) is 0 Å². The van der Waals surface area contributed by atoms with Crippen LogP contribution in [0.1, 0.15) is 46.1 Å². The highest BCUT2D eigenvalue weighted by molar-refractivity contribution is 6.03. The van der Waals surface area contributed by atoms with Crippen LogP contribution in [0.4, 0.5) is 0 Å². The average Bonchev–Trinajstić information content (AvgIpc) is 4.00. The van der Waals surface area contributed by atoms with E-state index in [0.717, 1.165) is 127 Å². The molecule has 0 unspecified atom stereocenters. The van der Waals surface area contributed by atoms with Crippen molar-refractivity contribution in [2.45, 2.75) is 53.4 Å². The fourth-order valence-corrected chi connectivity index (χ4v) is 6.97. The third-order valence-electron chi connectivity index (χ3n) is 9.94. The summed E-state index contributed by atoms with van der Waals surface area (Å²) in [5.74, 6) is 4.48. The minimum atomic E-state index is 0.721. The molecule has 0 atom stereocenters. The Kier molecular flexibility index (Phi) is 7.68. The second-order valence-electron chi connectivity index (χ2n) is 13.5. The maximum Gasteiger partial charge on any atom is 0.177 e. The summed E-state index contributed by atoms with van der Waals surface area (Å²) >= 11 is 0. The van der Waals surface area contributed by atoms with E-state index in [2.05, 4.69) is 75.6 Å². The van der Waals surface area contributed by atoms with E-state index in [0.29, 0.717) is 0 Å². The second-order valence-corrected chi connectivity index (χ2v) is 13.5. The van der Waals surface area contributed by atoms with Gasteiger partial charge in [0.05, 0.1) is 39.7 Å². The number of benzene rings is 2. The number of pyridine rings is 1. The van der Waals surface area contributed by atoms with Gasteiger partial charge in [0.2, 0.25) is 0 Å². The number of aryl methyl sites for hydroxylation is 10. The van der Waals surface area contributed by atoms with Crippen LogP contribution in [0.15, 0.2) is 71.7 Å². The number of nitrogens with zero attached hydrogens (tertiary/aromatic N) is 13. The fraction of sp³-hybridized carbons (Fsp3) is 0.256. The van der Waals surface area contributed by atoms with Gasteiger partial charge >= 0.3 is 0 Å². The van der Waals surface area contributed by atoms with Gasteiger partial charge in [0.1, 0.15) is 23.0 Å². The van der Waals surface area contributed by atoms with Crippen LogP contribution < -0.4 is 0 Å². The quantitative estimate of drug-likeness (QED) is 0.198. The molecule has 8 aromatic heterocycles. The van der Waals surface area contributed by atoms with Crippen molar-refractivity contribution >= 4 is 55.2 Å². The predicted molar refractivity (Wildman–Crippen MR) is 202 cm³/mol. The molecule has 8 heterocycles. The zero-order valence-corrected chi connectivity index (χ0v) is 30.4. The van der Waals surface area contributed by atoms with Gasteiger partial charge < -0.3 is 13.6 Å². The van der Waals surface area contributed by atoms with Gasteiger partial charge in [0.25, 0.3) is 0 Å². The molecule has 0 aliphatic rings. The van der Waals surface area contributed by atoms with Crippen molar-refractivity contribution < 1.29 is 4.42 Å². The lowest BCUT2D eigenvalue weighted by atomic mass is 10.2. The van der Waals surface area contributed by atoms with Crippen LogP contribution in [-0.2, 0) is 39.8 Å². The number of rotatable bonds is 6. The van der Waals surface area contributed by atoms with Crippen molar-refractivity contribution in [3.05, 3.63) is 113 Å². The third-order valence-corrected chi connectivity index (χ3v) is 9.94. The molecular weight excluding hydrogens is 667 g/mol. The van der Waals surface area contributed by atoms with Crippen molar-refractivity contribution in [3.8, 4) is 0 Å². The van der Waals surface area contributed by atoms with Crippen LogP contribution in [-0.4, -0.2) is 63.3 Å². The SMILES string of the molecule is Cc1cnc(C)n2nc(CCc3nc4c5cccnc5ccc4n3C)nc12.Cc1ncc(C)n2nc(CCc3nc4c5occc5ccc4n3C)nc12. The number of aromatic nitrogens is 13. The summed E-state index contributed by atoms with van der Waals surface area (Å²) < 4.78 is 13.6. The first-order valence-electron chi connectivity index (χ1n) is 17.6. The Balaban J connectivity index is 0.000000141. The molecular formula is C39H37N13O. The van der Waals surface area contributed by atoms with Gasteiger partial charge in [-0.3, -0.25) is 9.97 Å². The molecule has 14 heteroatoms. The van der Waals surface area contributed by atoms with Crippen LogP contribution in [0.2, 0.25) is 0 Å². The van der Waals surface area contributed by atoms with Gasteiger partial charge in [-0.2, -0.15) is 9.61 Å². The zero-order valence-electron chi connectivity index (χ0n) is 30.4. The normalized spacial score (nSPS) is 11.9. The van der Waals surface area contributed by atoms with Crippen LogP contribution in [0.5, 0.6) is 0 Å².